The molecule has 4 aromatic rings. The molecule has 0 radical (unpaired) electrons. The molecule has 0 spiro atoms. The van der Waals surface area contributed by atoms with Crippen LogP contribution in [0, 0.1) is 30.3 Å². The van der Waals surface area contributed by atoms with Gasteiger partial charge in [0.05, 0.1) is 42.6 Å². The lowest BCUT2D eigenvalue weighted by atomic mass is 9.90. The number of pyridine rings is 1. The number of aromatic hydroxyl groups is 1. The molecule has 2 aromatic heterocycles. The third kappa shape index (κ3) is 5.44. The van der Waals surface area contributed by atoms with Gasteiger partial charge in [0.1, 0.15) is 0 Å². The van der Waals surface area contributed by atoms with Crippen LogP contribution in [0.4, 0.5) is 17.1 Å². The Hall–Kier alpha value is -4.29. The Morgan fingerprint density at radius 3 is 2.05 bits per heavy atom. The van der Waals surface area contributed by atoms with E-state index in [4.69, 9.17) is 28.3 Å². The lowest BCUT2D eigenvalue weighted by Gasteiger charge is -2.15. The van der Waals surface area contributed by atoms with Crippen LogP contribution < -0.4 is 0 Å². The highest BCUT2D eigenvalue weighted by Crippen LogP contribution is 2.39. The van der Waals surface area contributed by atoms with E-state index in [1.165, 1.54) is 36.8 Å². The normalized spacial score (nSPS) is 12.4. The third-order valence-electron chi connectivity index (χ3n) is 5.78. The van der Waals surface area contributed by atoms with Gasteiger partial charge in [-0.2, -0.15) is 0 Å². The minimum atomic E-state index is -1.21. The van der Waals surface area contributed by atoms with Crippen molar-refractivity contribution in [1.82, 2.24) is 9.38 Å². The highest BCUT2D eigenvalue weighted by atomic mass is 35.5. The number of rotatable bonds is 4. The summed E-state index contributed by atoms with van der Waals surface area (Å²) in [5.74, 6) is -1.21. The first-order chi connectivity index (χ1) is 17.5. The van der Waals surface area contributed by atoms with Gasteiger partial charge >= 0.3 is 11.4 Å². The first-order valence-electron chi connectivity index (χ1n) is 10.8. The van der Waals surface area contributed by atoms with Gasteiger partial charge in [-0.25, -0.2) is 4.98 Å². The topological polar surface area (TPSA) is 167 Å². The fraction of sp³-hybridized carbons (Fsp3) is 0.174. The highest BCUT2D eigenvalue weighted by molar-refractivity contribution is 6.36. The van der Waals surface area contributed by atoms with E-state index in [0.717, 1.165) is 16.9 Å². The van der Waals surface area contributed by atoms with Crippen LogP contribution in [0.1, 0.15) is 24.0 Å². The van der Waals surface area contributed by atoms with E-state index >= 15 is 0 Å². The monoisotopic (exact) mass is 545 g/mol. The predicted molar refractivity (Wildman–Crippen MR) is 135 cm³/mol. The molecule has 0 aliphatic heterocycles. The van der Waals surface area contributed by atoms with Crippen molar-refractivity contribution in [2.75, 3.05) is 0 Å². The average Bonchev–Trinajstić information content (AvgIpc) is 3.28. The SMILES string of the molecule is Clc1cc(Cl)c2nc(-c3ccc4c(c3)CCCC4)cn2c1.O=[N+]([O-])c1cc([N+](=O)[O-])c(O)c([N+](=O)[O-])c1. The van der Waals surface area contributed by atoms with Gasteiger partial charge in [-0.15, -0.1) is 0 Å². The number of nitrogens with zero attached hydrogens (tertiary/aromatic N) is 5. The van der Waals surface area contributed by atoms with Crippen molar-refractivity contribution >= 4 is 45.9 Å². The Morgan fingerprint density at radius 1 is 0.838 bits per heavy atom. The molecule has 1 aliphatic rings. The lowest BCUT2D eigenvalue weighted by molar-refractivity contribution is -0.404. The molecule has 14 heteroatoms. The summed E-state index contributed by atoms with van der Waals surface area (Å²) in [5, 5.41) is 41.4. The van der Waals surface area contributed by atoms with Crippen LogP contribution in [0.5, 0.6) is 5.75 Å². The summed E-state index contributed by atoms with van der Waals surface area (Å²) in [6.45, 7) is 0. The second-order valence-corrected chi connectivity index (χ2v) is 9.00. The Labute approximate surface area is 218 Å². The molecule has 37 heavy (non-hydrogen) atoms. The zero-order valence-electron chi connectivity index (χ0n) is 18.8. The molecule has 0 saturated carbocycles. The quantitative estimate of drug-likeness (QED) is 0.230. The van der Waals surface area contributed by atoms with Gasteiger partial charge < -0.3 is 9.51 Å². The van der Waals surface area contributed by atoms with Crippen molar-refractivity contribution in [2.24, 2.45) is 0 Å². The molecule has 0 bridgehead atoms. The third-order valence-corrected chi connectivity index (χ3v) is 6.26. The van der Waals surface area contributed by atoms with Crippen LogP contribution in [0.2, 0.25) is 10.0 Å². The Kier molecular flexibility index (Phi) is 7.23. The van der Waals surface area contributed by atoms with Crippen LogP contribution in [0.15, 0.2) is 48.8 Å². The van der Waals surface area contributed by atoms with E-state index in [9.17, 15) is 30.3 Å². The number of benzene rings is 2. The number of fused-ring (bicyclic) bond motifs is 2. The molecule has 5 rings (SSSR count). The maximum absolute atomic E-state index is 10.4. The maximum Gasteiger partial charge on any atom is 0.324 e. The first-order valence-corrected chi connectivity index (χ1v) is 11.6. The van der Waals surface area contributed by atoms with E-state index < -0.39 is 37.6 Å². The largest absolute Gasteiger partial charge is 0.497 e. The molecule has 1 N–H and O–H groups in total. The number of aryl methyl sites for hydroxylation is 2. The summed E-state index contributed by atoms with van der Waals surface area (Å²) in [4.78, 5) is 32.4. The summed E-state index contributed by atoms with van der Waals surface area (Å²) in [7, 11) is 0. The molecule has 190 valence electrons. The fourth-order valence-electron chi connectivity index (χ4n) is 4.03. The van der Waals surface area contributed by atoms with Gasteiger partial charge in [0, 0.05) is 18.0 Å². The van der Waals surface area contributed by atoms with E-state index in [1.54, 1.807) is 6.07 Å². The van der Waals surface area contributed by atoms with Gasteiger partial charge in [0.15, 0.2) is 5.65 Å². The number of halogens is 2. The summed E-state index contributed by atoms with van der Waals surface area (Å²) in [5.41, 5.74) is 2.76. The zero-order chi connectivity index (χ0) is 26.9. The summed E-state index contributed by atoms with van der Waals surface area (Å²) in [6, 6.07) is 9.28. The standard InChI is InChI=1S/C17H14Cl2N2.C6H3N3O7/c18-14-8-15(19)17-20-16(10-21(17)9-14)13-6-5-11-3-1-2-4-12(11)7-13;10-6-4(8(13)14)1-3(7(11)12)2-5(6)9(15)16/h5-10H,1-4H2;1-2,10H. The van der Waals surface area contributed by atoms with Gasteiger partial charge in [0.2, 0.25) is 0 Å². The number of phenolic OH excluding ortho intramolecular Hbond substituents is 1. The van der Waals surface area contributed by atoms with E-state index in [2.05, 4.69) is 23.2 Å². The number of aromatic nitrogens is 2. The van der Waals surface area contributed by atoms with Gasteiger partial charge in [-0.1, -0.05) is 35.3 Å². The summed E-state index contributed by atoms with van der Waals surface area (Å²) >= 11 is 12.3. The lowest BCUT2D eigenvalue weighted by Crippen LogP contribution is -2.02. The minimum Gasteiger partial charge on any atom is -0.497 e. The number of non-ortho nitro benzene ring substituents is 1. The van der Waals surface area contributed by atoms with Crippen LogP contribution in [-0.2, 0) is 12.8 Å². The molecular formula is C23H17Cl2N5O7. The second-order valence-electron chi connectivity index (χ2n) is 8.16. The minimum absolute atomic E-state index is 0.447. The molecule has 0 atom stereocenters. The molecule has 0 amide bonds. The summed E-state index contributed by atoms with van der Waals surface area (Å²) in [6.07, 6.45) is 8.76. The molecule has 1 aliphatic carbocycles. The van der Waals surface area contributed by atoms with Crippen molar-refractivity contribution < 1.29 is 19.9 Å². The van der Waals surface area contributed by atoms with Gasteiger partial charge in [-0.3, -0.25) is 30.3 Å². The molecule has 2 heterocycles. The van der Waals surface area contributed by atoms with E-state index in [-0.39, 0.29) is 0 Å². The first kappa shape index (κ1) is 25.8. The Morgan fingerprint density at radius 2 is 1.46 bits per heavy atom. The second kappa shape index (κ2) is 10.4. The van der Waals surface area contributed by atoms with Crippen molar-refractivity contribution in [2.45, 2.75) is 25.7 Å². The van der Waals surface area contributed by atoms with Crippen LogP contribution in [0.25, 0.3) is 16.9 Å². The van der Waals surface area contributed by atoms with Crippen molar-refractivity contribution in [3.8, 4) is 17.0 Å². The number of imidazole rings is 1. The number of hydrogen-bond acceptors (Lipinski definition) is 8. The zero-order valence-corrected chi connectivity index (χ0v) is 20.3. The number of phenols is 1. The smallest absolute Gasteiger partial charge is 0.324 e. The molecule has 0 fully saturated rings. The van der Waals surface area contributed by atoms with Crippen LogP contribution in [-0.4, -0.2) is 29.3 Å². The van der Waals surface area contributed by atoms with Gasteiger partial charge in [-0.05, 0) is 48.9 Å². The molecular weight excluding hydrogens is 529 g/mol. The fourth-order valence-corrected chi connectivity index (χ4v) is 4.56. The molecule has 2 aromatic carbocycles. The average molecular weight is 546 g/mol. The van der Waals surface area contributed by atoms with Crippen molar-refractivity contribution in [3.05, 3.63) is 100 Å². The predicted octanol–water partition coefficient (Wildman–Crippen LogP) is 6.30. The van der Waals surface area contributed by atoms with Crippen LogP contribution in [0.3, 0.4) is 0 Å². The Bertz CT molecular complexity index is 1540. The van der Waals surface area contributed by atoms with Gasteiger partial charge in [0.25, 0.3) is 11.4 Å². The molecule has 0 saturated heterocycles. The van der Waals surface area contributed by atoms with E-state index in [0.29, 0.717) is 22.2 Å². The molecule has 12 nitrogen and oxygen atoms in total. The number of nitro benzene ring substituents is 3. The maximum atomic E-state index is 10.4. The van der Waals surface area contributed by atoms with Crippen LogP contribution >= 0.6 is 23.2 Å². The summed E-state index contributed by atoms with van der Waals surface area (Å²) < 4.78 is 1.89. The Balaban J connectivity index is 0.000000181. The highest BCUT2D eigenvalue weighted by Gasteiger charge is 2.30. The van der Waals surface area contributed by atoms with Crippen molar-refractivity contribution in [3.63, 3.8) is 0 Å². The van der Waals surface area contributed by atoms with E-state index in [1.807, 2.05) is 16.8 Å². The molecule has 0 unspecified atom stereocenters. The van der Waals surface area contributed by atoms with Crippen molar-refractivity contribution in [1.29, 1.82) is 0 Å². The number of hydrogen-bond donors (Lipinski definition) is 1. The number of nitro groups is 3.